The van der Waals surface area contributed by atoms with E-state index < -0.39 is 0 Å². The number of hydrogen-bond donors (Lipinski definition) is 1. The van der Waals surface area contributed by atoms with E-state index in [9.17, 15) is 0 Å². The van der Waals surface area contributed by atoms with E-state index in [1.54, 1.807) is 0 Å². The summed E-state index contributed by atoms with van der Waals surface area (Å²) in [5, 5.41) is 12.5. The molecule has 0 bridgehead atoms. The molecule has 0 amide bonds. The lowest BCUT2D eigenvalue weighted by Gasteiger charge is -2.04. The first-order valence-corrected chi connectivity index (χ1v) is 4.42. The number of aromatic nitrogens is 1. The number of hydrogen-bond acceptors (Lipinski definition) is 4. The summed E-state index contributed by atoms with van der Waals surface area (Å²) in [6, 6.07) is 1.94. The maximum Gasteiger partial charge on any atom is 0.137 e. The summed E-state index contributed by atoms with van der Waals surface area (Å²) < 4.78 is 5.08. The largest absolute Gasteiger partial charge is 0.396 e. The van der Waals surface area contributed by atoms with Crippen LogP contribution in [-0.2, 0) is 13.0 Å². The van der Waals surface area contributed by atoms with Crippen LogP contribution in [0.5, 0.6) is 0 Å². The molecule has 0 fully saturated rings. The topological polar surface area (TPSA) is 49.5 Å². The van der Waals surface area contributed by atoms with Crippen molar-refractivity contribution in [3.63, 3.8) is 0 Å². The van der Waals surface area contributed by atoms with Crippen LogP contribution in [0.1, 0.15) is 17.9 Å². The van der Waals surface area contributed by atoms with Crippen LogP contribution < -0.4 is 0 Å². The molecule has 1 heterocycles. The fraction of sp³-hybridized carbons (Fsp3) is 0.667. The van der Waals surface area contributed by atoms with Crippen molar-refractivity contribution in [1.82, 2.24) is 10.1 Å². The van der Waals surface area contributed by atoms with Crippen molar-refractivity contribution in [2.45, 2.75) is 19.4 Å². The molecule has 1 aromatic heterocycles. The molecule has 13 heavy (non-hydrogen) atoms. The SMILES string of the molecule is CN(C)Cc1cc(CCCO)on1. The van der Waals surface area contributed by atoms with Crippen LogP contribution in [0, 0.1) is 0 Å². The van der Waals surface area contributed by atoms with Gasteiger partial charge in [-0.3, -0.25) is 0 Å². The monoisotopic (exact) mass is 184 g/mol. The Bertz CT molecular complexity index is 246. The minimum absolute atomic E-state index is 0.198. The van der Waals surface area contributed by atoms with E-state index in [2.05, 4.69) is 5.16 Å². The molecular formula is C9H16N2O2. The van der Waals surface area contributed by atoms with Gasteiger partial charge in [0.1, 0.15) is 5.76 Å². The van der Waals surface area contributed by atoms with Gasteiger partial charge in [0.05, 0.1) is 5.69 Å². The minimum atomic E-state index is 0.198. The van der Waals surface area contributed by atoms with E-state index in [1.165, 1.54) is 0 Å². The summed E-state index contributed by atoms with van der Waals surface area (Å²) in [5.74, 6) is 0.853. The van der Waals surface area contributed by atoms with E-state index in [-0.39, 0.29) is 6.61 Å². The van der Waals surface area contributed by atoms with Crippen molar-refractivity contribution >= 4 is 0 Å². The molecule has 0 saturated carbocycles. The van der Waals surface area contributed by atoms with Gasteiger partial charge in [0, 0.05) is 25.6 Å². The van der Waals surface area contributed by atoms with Gasteiger partial charge < -0.3 is 14.5 Å². The average molecular weight is 184 g/mol. The van der Waals surface area contributed by atoms with Crippen LogP contribution in [0.15, 0.2) is 10.6 Å². The second-order valence-electron chi connectivity index (χ2n) is 3.35. The summed E-state index contributed by atoms with van der Waals surface area (Å²) in [6.45, 7) is 0.992. The maximum atomic E-state index is 8.61. The number of rotatable bonds is 5. The molecule has 0 aromatic carbocycles. The first-order valence-electron chi connectivity index (χ1n) is 4.42. The van der Waals surface area contributed by atoms with Crippen molar-refractivity contribution in [2.24, 2.45) is 0 Å². The number of aliphatic hydroxyl groups is 1. The fourth-order valence-electron chi connectivity index (χ4n) is 1.13. The molecule has 4 heteroatoms. The second-order valence-corrected chi connectivity index (χ2v) is 3.35. The summed E-state index contributed by atoms with van der Waals surface area (Å²) in [5.41, 5.74) is 0.943. The maximum absolute atomic E-state index is 8.61. The Morgan fingerprint density at radius 1 is 1.54 bits per heavy atom. The molecule has 0 aliphatic carbocycles. The minimum Gasteiger partial charge on any atom is -0.396 e. The standard InChI is InChI=1S/C9H16N2O2/c1-11(2)7-8-6-9(13-10-8)4-3-5-12/h6,12H,3-5,7H2,1-2H3. The van der Waals surface area contributed by atoms with Crippen LogP contribution in [0.4, 0.5) is 0 Å². The van der Waals surface area contributed by atoms with E-state index in [0.29, 0.717) is 0 Å². The first kappa shape index (κ1) is 10.2. The lowest BCUT2D eigenvalue weighted by atomic mass is 10.2. The molecule has 1 rings (SSSR count). The highest BCUT2D eigenvalue weighted by Crippen LogP contribution is 2.07. The number of nitrogens with zero attached hydrogens (tertiary/aromatic N) is 2. The van der Waals surface area contributed by atoms with E-state index in [0.717, 1.165) is 30.8 Å². The highest BCUT2D eigenvalue weighted by Gasteiger charge is 2.04. The first-order chi connectivity index (χ1) is 6.22. The van der Waals surface area contributed by atoms with Crippen LogP contribution in [-0.4, -0.2) is 35.9 Å². The molecule has 4 nitrogen and oxygen atoms in total. The Labute approximate surface area is 78.1 Å². The van der Waals surface area contributed by atoms with Crippen molar-refractivity contribution in [3.8, 4) is 0 Å². The Morgan fingerprint density at radius 3 is 2.92 bits per heavy atom. The predicted octanol–water partition coefficient (Wildman–Crippen LogP) is 0.661. The van der Waals surface area contributed by atoms with Gasteiger partial charge in [-0.2, -0.15) is 0 Å². The summed E-state index contributed by atoms with van der Waals surface area (Å²) in [4.78, 5) is 2.04. The molecular weight excluding hydrogens is 168 g/mol. The summed E-state index contributed by atoms with van der Waals surface area (Å²) in [6.07, 6.45) is 1.49. The third-order valence-electron chi connectivity index (χ3n) is 1.67. The van der Waals surface area contributed by atoms with Crippen molar-refractivity contribution < 1.29 is 9.63 Å². The molecule has 0 radical (unpaired) electrons. The van der Waals surface area contributed by atoms with Gasteiger partial charge in [-0.25, -0.2) is 0 Å². The smallest absolute Gasteiger partial charge is 0.137 e. The highest BCUT2D eigenvalue weighted by molar-refractivity contribution is 5.05. The molecule has 74 valence electrons. The lowest BCUT2D eigenvalue weighted by molar-refractivity contribution is 0.279. The second kappa shape index (κ2) is 4.99. The molecule has 0 spiro atoms. The zero-order chi connectivity index (χ0) is 9.68. The fourth-order valence-corrected chi connectivity index (χ4v) is 1.13. The number of aliphatic hydroxyl groups excluding tert-OH is 1. The van der Waals surface area contributed by atoms with Crippen LogP contribution in [0.3, 0.4) is 0 Å². The van der Waals surface area contributed by atoms with Crippen LogP contribution in [0.2, 0.25) is 0 Å². The highest BCUT2D eigenvalue weighted by atomic mass is 16.5. The van der Waals surface area contributed by atoms with E-state index >= 15 is 0 Å². The Kier molecular flexibility index (Phi) is 3.92. The van der Waals surface area contributed by atoms with Crippen molar-refractivity contribution in [2.75, 3.05) is 20.7 Å². The Balaban J connectivity index is 2.44. The quantitative estimate of drug-likeness (QED) is 0.730. The summed E-state index contributed by atoms with van der Waals surface area (Å²) in [7, 11) is 3.98. The van der Waals surface area contributed by atoms with Gasteiger partial charge in [0.2, 0.25) is 0 Å². The molecule has 0 saturated heterocycles. The Hall–Kier alpha value is -0.870. The average Bonchev–Trinajstić information content (AvgIpc) is 2.48. The normalized spacial score (nSPS) is 11.1. The predicted molar refractivity (Wildman–Crippen MR) is 49.3 cm³/mol. The molecule has 0 aliphatic rings. The van der Waals surface area contributed by atoms with Crippen molar-refractivity contribution in [3.05, 3.63) is 17.5 Å². The summed E-state index contributed by atoms with van der Waals surface area (Å²) >= 11 is 0. The van der Waals surface area contributed by atoms with Crippen molar-refractivity contribution in [1.29, 1.82) is 0 Å². The van der Waals surface area contributed by atoms with Crippen LogP contribution in [0.25, 0.3) is 0 Å². The zero-order valence-corrected chi connectivity index (χ0v) is 8.16. The van der Waals surface area contributed by atoms with Crippen LogP contribution >= 0.6 is 0 Å². The van der Waals surface area contributed by atoms with E-state index in [1.807, 2.05) is 25.1 Å². The van der Waals surface area contributed by atoms with Gasteiger partial charge in [-0.1, -0.05) is 5.16 Å². The molecule has 0 unspecified atom stereocenters. The lowest BCUT2D eigenvalue weighted by Crippen LogP contribution is -2.10. The third kappa shape index (κ3) is 3.57. The van der Waals surface area contributed by atoms with Gasteiger partial charge in [0.15, 0.2) is 0 Å². The third-order valence-corrected chi connectivity index (χ3v) is 1.67. The molecule has 1 N–H and O–H groups in total. The number of aryl methyl sites for hydroxylation is 1. The zero-order valence-electron chi connectivity index (χ0n) is 8.16. The molecule has 0 atom stereocenters. The van der Waals surface area contributed by atoms with Gasteiger partial charge in [-0.05, 0) is 20.5 Å². The van der Waals surface area contributed by atoms with E-state index in [4.69, 9.17) is 9.63 Å². The van der Waals surface area contributed by atoms with Gasteiger partial charge in [-0.15, -0.1) is 0 Å². The Morgan fingerprint density at radius 2 is 2.31 bits per heavy atom. The molecule has 0 aliphatic heterocycles. The van der Waals surface area contributed by atoms with Gasteiger partial charge >= 0.3 is 0 Å². The molecule has 1 aromatic rings. The van der Waals surface area contributed by atoms with Gasteiger partial charge in [0.25, 0.3) is 0 Å².